The van der Waals surface area contributed by atoms with E-state index in [1.54, 1.807) is 42.5 Å². The summed E-state index contributed by atoms with van der Waals surface area (Å²) in [6.07, 6.45) is 1.73. The molecule has 35 heavy (non-hydrogen) atoms. The molecule has 0 saturated carbocycles. The van der Waals surface area contributed by atoms with Crippen LogP contribution in [0.4, 0.5) is 0 Å². The van der Waals surface area contributed by atoms with Crippen molar-refractivity contribution in [1.82, 2.24) is 5.43 Å². The zero-order chi connectivity index (χ0) is 24.6. The molecule has 0 aliphatic rings. The maximum atomic E-state index is 12.5. The maximum absolute atomic E-state index is 12.5. The van der Waals surface area contributed by atoms with E-state index in [4.69, 9.17) is 9.47 Å². The van der Waals surface area contributed by atoms with Gasteiger partial charge in [-0.3, -0.25) is 4.79 Å². The number of carbonyl (C=O) groups excluding carboxylic acids is 2. The number of carbonyl (C=O) groups is 2. The van der Waals surface area contributed by atoms with Gasteiger partial charge in [0.15, 0.2) is 11.5 Å². The first-order valence-electron chi connectivity index (χ1n) is 11.1. The molecule has 0 saturated heterocycles. The normalized spacial score (nSPS) is 10.9. The molecule has 1 N–H and O–H groups in total. The lowest BCUT2D eigenvalue weighted by Gasteiger charge is -2.11. The number of amides is 1. The summed E-state index contributed by atoms with van der Waals surface area (Å²) in [7, 11) is 0. The molecule has 0 bridgehead atoms. The Kier molecular flexibility index (Phi) is 7.90. The van der Waals surface area contributed by atoms with Gasteiger partial charge in [-0.1, -0.05) is 58.4 Å². The van der Waals surface area contributed by atoms with Gasteiger partial charge >= 0.3 is 5.97 Å². The number of hydrogen-bond donors (Lipinski definition) is 1. The first-order chi connectivity index (χ1) is 17.0. The molecule has 4 aromatic carbocycles. The number of benzene rings is 4. The van der Waals surface area contributed by atoms with Gasteiger partial charge in [-0.2, -0.15) is 5.10 Å². The van der Waals surface area contributed by atoms with E-state index in [1.165, 1.54) is 6.21 Å². The molecule has 0 aliphatic heterocycles. The van der Waals surface area contributed by atoms with E-state index in [2.05, 4.69) is 26.5 Å². The molecule has 0 fully saturated rings. The summed E-state index contributed by atoms with van der Waals surface area (Å²) in [5.74, 6) is 0.00385. The molecule has 0 aromatic heterocycles. The van der Waals surface area contributed by atoms with Crippen LogP contribution in [-0.4, -0.2) is 24.7 Å². The van der Waals surface area contributed by atoms with E-state index in [0.717, 1.165) is 20.8 Å². The predicted octanol–water partition coefficient (Wildman–Crippen LogP) is 5.91. The summed E-state index contributed by atoms with van der Waals surface area (Å²) in [6.45, 7) is 2.24. The van der Waals surface area contributed by atoms with Crippen molar-refractivity contribution in [3.8, 4) is 11.5 Å². The molecule has 4 aromatic rings. The summed E-state index contributed by atoms with van der Waals surface area (Å²) >= 11 is 3.35. The smallest absolute Gasteiger partial charge is 0.343 e. The van der Waals surface area contributed by atoms with Crippen LogP contribution in [0.15, 0.2) is 94.5 Å². The molecule has 0 unspecified atom stereocenters. The van der Waals surface area contributed by atoms with Crippen LogP contribution < -0.4 is 14.9 Å². The van der Waals surface area contributed by atoms with Gasteiger partial charge in [-0.05, 0) is 71.3 Å². The minimum atomic E-state index is -0.486. The third kappa shape index (κ3) is 6.33. The van der Waals surface area contributed by atoms with Crippen LogP contribution in [0.1, 0.15) is 28.4 Å². The number of nitrogens with zero attached hydrogens (tertiary/aromatic N) is 1. The monoisotopic (exact) mass is 530 g/mol. The van der Waals surface area contributed by atoms with Gasteiger partial charge in [0.2, 0.25) is 5.91 Å². The van der Waals surface area contributed by atoms with Gasteiger partial charge in [-0.15, -0.1) is 0 Å². The number of ether oxygens (including phenoxy) is 2. The van der Waals surface area contributed by atoms with E-state index in [1.807, 2.05) is 49.4 Å². The molecule has 0 spiro atoms. The lowest BCUT2D eigenvalue weighted by molar-refractivity contribution is -0.120. The van der Waals surface area contributed by atoms with Crippen LogP contribution in [-0.2, 0) is 11.2 Å². The van der Waals surface area contributed by atoms with Crippen molar-refractivity contribution in [1.29, 1.82) is 0 Å². The predicted molar refractivity (Wildman–Crippen MR) is 140 cm³/mol. The largest absolute Gasteiger partial charge is 0.490 e. The fourth-order valence-electron chi connectivity index (χ4n) is 3.54. The van der Waals surface area contributed by atoms with Crippen molar-refractivity contribution in [2.24, 2.45) is 5.10 Å². The first-order valence-corrected chi connectivity index (χ1v) is 11.9. The zero-order valence-corrected chi connectivity index (χ0v) is 20.6. The molecule has 0 atom stereocenters. The molecule has 4 rings (SSSR count). The van der Waals surface area contributed by atoms with Gasteiger partial charge in [0.1, 0.15) is 0 Å². The highest BCUT2D eigenvalue weighted by Crippen LogP contribution is 2.29. The quantitative estimate of drug-likeness (QED) is 0.133. The highest BCUT2D eigenvalue weighted by Gasteiger charge is 2.13. The second-order valence-corrected chi connectivity index (χ2v) is 8.56. The second-order valence-electron chi connectivity index (χ2n) is 7.64. The van der Waals surface area contributed by atoms with Gasteiger partial charge in [0.25, 0.3) is 0 Å². The standard InChI is InChI=1S/C28H23BrN2O4/c1-2-34-26-16-19(10-15-25(26)35-28(33)21-11-13-23(29)14-12-21)18-30-31-27(32)17-22-8-5-7-20-6-3-4-9-24(20)22/h3-16,18H,2,17H2,1H3,(H,31,32)/b30-18-. The number of nitrogens with one attached hydrogen (secondary N) is 1. The minimum absolute atomic E-state index is 0.216. The average Bonchev–Trinajstić information content (AvgIpc) is 2.86. The van der Waals surface area contributed by atoms with Crippen LogP contribution >= 0.6 is 15.9 Å². The molecule has 6 nitrogen and oxygen atoms in total. The van der Waals surface area contributed by atoms with E-state index < -0.39 is 5.97 Å². The number of halogens is 1. The van der Waals surface area contributed by atoms with E-state index in [-0.39, 0.29) is 12.3 Å². The number of fused-ring (bicyclic) bond motifs is 1. The first kappa shape index (κ1) is 24.2. The van der Waals surface area contributed by atoms with Gasteiger partial charge in [0, 0.05) is 4.47 Å². The van der Waals surface area contributed by atoms with Crippen molar-refractivity contribution in [2.75, 3.05) is 6.61 Å². The van der Waals surface area contributed by atoms with Crippen molar-refractivity contribution in [2.45, 2.75) is 13.3 Å². The molecule has 0 radical (unpaired) electrons. The van der Waals surface area contributed by atoms with E-state index in [0.29, 0.717) is 29.2 Å². The summed E-state index contributed by atoms with van der Waals surface area (Å²) in [4.78, 5) is 24.9. The van der Waals surface area contributed by atoms with Crippen molar-refractivity contribution in [3.05, 3.63) is 106 Å². The molecule has 1 amide bonds. The second kappa shape index (κ2) is 11.4. The van der Waals surface area contributed by atoms with Gasteiger partial charge in [0.05, 0.1) is 24.8 Å². The lowest BCUT2D eigenvalue weighted by atomic mass is 10.0. The van der Waals surface area contributed by atoms with Gasteiger partial charge in [-0.25, -0.2) is 10.2 Å². The Morgan fingerprint density at radius 2 is 1.71 bits per heavy atom. The molecule has 7 heteroatoms. The summed E-state index contributed by atoms with van der Waals surface area (Å²) < 4.78 is 12.0. The Morgan fingerprint density at radius 1 is 0.943 bits per heavy atom. The highest BCUT2D eigenvalue weighted by atomic mass is 79.9. The average molecular weight is 531 g/mol. The summed E-state index contributed by atoms with van der Waals surface area (Å²) in [6, 6.07) is 25.8. The number of esters is 1. The Balaban J connectivity index is 1.41. The summed E-state index contributed by atoms with van der Waals surface area (Å²) in [5, 5.41) is 6.21. The maximum Gasteiger partial charge on any atom is 0.343 e. The van der Waals surface area contributed by atoms with Crippen LogP contribution in [0.5, 0.6) is 11.5 Å². The van der Waals surface area contributed by atoms with Gasteiger partial charge < -0.3 is 9.47 Å². The van der Waals surface area contributed by atoms with Crippen molar-refractivity contribution in [3.63, 3.8) is 0 Å². The Bertz CT molecular complexity index is 1380. The van der Waals surface area contributed by atoms with E-state index in [9.17, 15) is 9.59 Å². The lowest BCUT2D eigenvalue weighted by Crippen LogP contribution is -2.19. The van der Waals surface area contributed by atoms with Crippen LogP contribution in [0.2, 0.25) is 0 Å². The number of rotatable bonds is 8. The Labute approximate surface area is 211 Å². The zero-order valence-electron chi connectivity index (χ0n) is 19.0. The topological polar surface area (TPSA) is 77.0 Å². The number of hydrogen-bond acceptors (Lipinski definition) is 5. The Morgan fingerprint density at radius 3 is 2.51 bits per heavy atom. The molecular weight excluding hydrogens is 508 g/mol. The van der Waals surface area contributed by atoms with Crippen LogP contribution in [0.25, 0.3) is 10.8 Å². The third-order valence-electron chi connectivity index (χ3n) is 5.18. The molecule has 176 valence electrons. The number of hydrazone groups is 1. The third-order valence-corrected chi connectivity index (χ3v) is 5.71. The fraction of sp³-hybridized carbons (Fsp3) is 0.107. The summed E-state index contributed by atoms with van der Waals surface area (Å²) in [5.41, 5.74) is 4.61. The Hall–Kier alpha value is -3.97. The SMILES string of the molecule is CCOc1cc(/C=N\NC(=O)Cc2cccc3ccccc23)ccc1OC(=O)c1ccc(Br)cc1. The van der Waals surface area contributed by atoms with Crippen LogP contribution in [0, 0.1) is 0 Å². The van der Waals surface area contributed by atoms with Crippen LogP contribution in [0.3, 0.4) is 0 Å². The molecular formula is C28H23BrN2O4. The molecule has 0 aliphatic carbocycles. The van der Waals surface area contributed by atoms with Crippen molar-refractivity contribution < 1.29 is 19.1 Å². The highest BCUT2D eigenvalue weighted by molar-refractivity contribution is 9.10. The fourth-order valence-corrected chi connectivity index (χ4v) is 3.80. The minimum Gasteiger partial charge on any atom is -0.490 e. The van der Waals surface area contributed by atoms with Crippen molar-refractivity contribution >= 4 is 44.8 Å². The molecule has 0 heterocycles. The van der Waals surface area contributed by atoms with E-state index >= 15 is 0 Å².